The lowest BCUT2D eigenvalue weighted by molar-refractivity contribution is 0.873. The van der Waals surface area contributed by atoms with Crippen LogP contribution in [0.5, 0.6) is 0 Å². The molecule has 2 rings (SSSR count). The number of halogens is 2. The van der Waals surface area contributed by atoms with E-state index in [4.69, 9.17) is 28.9 Å². The van der Waals surface area contributed by atoms with Crippen molar-refractivity contribution in [1.82, 2.24) is 10.2 Å². The number of rotatable bonds is 2. The number of H-pyrrole nitrogens is 1. The van der Waals surface area contributed by atoms with Gasteiger partial charge in [-0.05, 0) is 18.1 Å². The Kier molecular flexibility index (Phi) is 3.31. The first-order chi connectivity index (χ1) is 8.02. The van der Waals surface area contributed by atoms with Gasteiger partial charge in [0.15, 0.2) is 0 Å². The fourth-order valence-electron chi connectivity index (χ4n) is 1.88. The summed E-state index contributed by atoms with van der Waals surface area (Å²) in [7, 11) is 0. The molecule has 2 aromatic rings. The van der Waals surface area contributed by atoms with Crippen LogP contribution in [0, 0.1) is 0 Å². The zero-order valence-electron chi connectivity index (χ0n) is 9.59. The van der Waals surface area contributed by atoms with E-state index in [2.05, 4.69) is 24.0 Å². The number of anilines is 1. The van der Waals surface area contributed by atoms with Gasteiger partial charge in [0.2, 0.25) is 0 Å². The first kappa shape index (κ1) is 12.3. The predicted octanol–water partition coefficient (Wildman–Crippen LogP) is 4.09. The number of nitrogens with one attached hydrogen (secondary N) is 1. The summed E-state index contributed by atoms with van der Waals surface area (Å²) in [6.45, 7) is 4.10. The monoisotopic (exact) mass is 269 g/mol. The third-order valence-electron chi connectivity index (χ3n) is 2.62. The minimum absolute atomic E-state index is 0.246. The Morgan fingerprint density at radius 1 is 1.24 bits per heavy atom. The first-order valence-electron chi connectivity index (χ1n) is 5.30. The molecule has 0 saturated heterocycles. The van der Waals surface area contributed by atoms with Crippen LogP contribution in [0.1, 0.15) is 25.3 Å². The molecule has 1 aromatic heterocycles. The molecule has 5 heteroatoms. The van der Waals surface area contributed by atoms with E-state index in [-0.39, 0.29) is 5.92 Å². The summed E-state index contributed by atoms with van der Waals surface area (Å²) in [6.07, 6.45) is 0. The van der Waals surface area contributed by atoms with E-state index >= 15 is 0 Å². The number of aromatic nitrogens is 2. The van der Waals surface area contributed by atoms with Crippen LogP contribution in [0.15, 0.2) is 18.2 Å². The fraction of sp³-hybridized carbons (Fsp3) is 0.250. The lowest BCUT2D eigenvalue weighted by atomic mass is 9.98. The van der Waals surface area contributed by atoms with Crippen molar-refractivity contribution in [1.29, 1.82) is 0 Å². The SMILES string of the molecule is CC(C)c1c(N)n[nH]c1-c1c(Cl)cccc1Cl. The highest BCUT2D eigenvalue weighted by Gasteiger charge is 2.19. The molecule has 0 aliphatic rings. The molecule has 0 aliphatic heterocycles. The molecular weight excluding hydrogens is 257 g/mol. The summed E-state index contributed by atoms with van der Waals surface area (Å²) < 4.78 is 0. The quantitative estimate of drug-likeness (QED) is 0.863. The van der Waals surface area contributed by atoms with Crippen molar-refractivity contribution in [2.75, 3.05) is 5.73 Å². The Hall–Kier alpha value is -1.19. The lowest BCUT2D eigenvalue weighted by Crippen LogP contribution is -1.95. The molecule has 0 fully saturated rings. The number of hydrogen-bond acceptors (Lipinski definition) is 2. The number of hydrogen-bond donors (Lipinski definition) is 2. The van der Waals surface area contributed by atoms with Gasteiger partial charge in [-0.1, -0.05) is 43.1 Å². The predicted molar refractivity (Wildman–Crippen MR) is 72.5 cm³/mol. The second-order valence-electron chi connectivity index (χ2n) is 4.15. The van der Waals surface area contributed by atoms with Gasteiger partial charge < -0.3 is 5.73 Å². The average Bonchev–Trinajstić information content (AvgIpc) is 2.60. The molecule has 3 nitrogen and oxygen atoms in total. The highest BCUT2D eigenvalue weighted by Crippen LogP contribution is 2.39. The third kappa shape index (κ3) is 2.13. The van der Waals surface area contributed by atoms with Crippen LogP contribution in [0.25, 0.3) is 11.3 Å². The number of nitrogens with two attached hydrogens (primary N) is 1. The van der Waals surface area contributed by atoms with Gasteiger partial charge in [0.25, 0.3) is 0 Å². The zero-order valence-corrected chi connectivity index (χ0v) is 11.1. The van der Waals surface area contributed by atoms with Gasteiger partial charge in [-0.15, -0.1) is 0 Å². The molecule has 0 amide bonds. The van der Waals surface area contributed by atoms with Crippen molar-refractivity contribution in [3.8, 4) is 11.3 Å². The van der Waals surface area contributed by atoms with E-state index in [0.717, 1.165) is 16.8 Å². The molecule has 0 aliphatic carbocycles. The van der Waals surface area contributed by atoms with E-state index in [0.29, 0.717) is 15.9 Å². The fourth-order valence-corrected chi connectivity index (χ4v) is 2.46. The maximum atomic E-state index is 6.18. The summed E-state index contributed by atoms with van der Waals surface area (Å²) in [5, 5.41) is 8.11. The Bertz CT molecular complexity index is 526. The summed E-state index contributed by atoms with van der Waals surface area (Å²) in [5.74, 6) is 0.738. The van der Waals surface area contributed by atoms with Crippen LogP contribution >= 0.6 is 23.2 Å². The molecular formula is C12H13Cl2N3. The summed E-state index contributed by atoms with van der Waals surface area (Å²) in [6, 6.07) is 5.40. The summed E-state index contributed by atoms with van der Waals surface area (Å²) in [5.41, 5.74) is 8.35. The Balaban J connectivity index is 2.69. The molecule has 0 unspecified atom stereocenters. The van der Waals surface area contributed by atoms with Crippen molar-refractivity contribution >= 4 is 29.0 Å². The second kappa shape index (κ2) is 4.59. The maximum Gasteiger partial charge on any atom is 0.149 e. The normalized spacial score (nSPS) is 11.1. The van der Waals surface area contributed by atoms with Crippen LogP contribution in [0.4, 0.5) is 5.82 Å². The third-order valence-corrected chi connectivity index (χ3v) is 3.25. The van der Waals surface area contributed by atoms with Crippen LogP contribution in [-0.2, 0) is 0 Å². The van der Waals surface area contributed by atoms with E-state index in [1.54, 1.807) is 12.1 Å². The van der Waals surface area contributed by atoms with Gasteiger partial charge in [0, 0.05) is 11.1 Å². The topological polar surface area (TPSA) is 54.7 Å². The Morgan fingerprint density at radius 2 is 1.82 bits per heavy atom. The highest BCUT2D eigenvalue weighted by molar-refractivity contribution is 6.39. The molecule has 0 spiro atoms. The molecule has 90 valence electrons. The van der Waals surface area contributed by atoms with Crippen LogP contribution in [0.3, 0.4) is 0 Å². The Morgan fingerprint density at radius 3 is 2.35 bits per heavy atom. The molecule has 0 saturated carbocycles. The molecule has 1 heterocycles. The Labute approximate surface area is 110 Å². The van der Waals surface area contributed by atoms with Gasteiger partial charge in [-0.25, -0.2) is 0 Å². The van der Waals surface area contributed by atoms with E-state index in [9.17, 15) is 0 Å². The van der Waals surface area contributed by atoms with Gasteiger partial charge in [0.1, 0.15) is 5.82 Å². The standard InChI is InChI=1S/C12H13Cl2N3/c1-6(2)9-11(16-17-12(9)15)10-7(13)4-3-5-8(10)14/h3-6H,1-2H3,(H3,15,16,17). The molecule has 0 bridgehead atoms. The van der Waals surface area contributed by atoms with Crippen molar-refractivity contribution in [2.24, 2.45) is 0 Å². The van der Waals surface area contributed by atoms with Crippen molar-refractivity contribution in [3.63, 3.8) is 0 Å². The maximum absolute atomic E-state index is 6.18. The van der Waals surface area contributed by atoms with Crippen LogP contribution in [0.2, 0.25) is 10.0 Å². The number of aromatic amines is 1. The summed E-state index contributed by atoms with van der Waals surface area (Å²) >= 11 is 12.4. The minimum atomic E-state index is 0.246. The van der Waals surface area contributed by atoms with E-state index in [1.807, 2.05) is 6.07 Å². The molecule has 0 atom stereocenters. The number of benzene rings is 1. The number of nitrogen functional groups attached to an aromatic ring is 1. The largest absolute Gasteiger partial charge is 0.382 e. The van der Waals surface area contributed by atoms with E-state index in [1.165, 1.54) is 0 Å². The molecule has 17 heavy (non-hydrogen) atoms. The molecule has 1 aromatic carbocycles. The van der Waals surface area contributed by atoms with Crippen molar-refractivity contribution < 1.29 is 0 Å². The number of nitrogens with zero attached hydrogens (tertiary/aromatic N) is 1. The van der Waals surface area contributed by atoms with E-state index < -0.39 is 0 Å². The minimum Gasteiger partial charge on any atom is -0.382 e. The average molecular weight is 270 g/mol. The molecule has 3 N–H and O–H groups in total. The van der Waals surface area contributed by atoms with Crippen LogP contribution in [-0.4, -0.2) is 10.2 Å². The summed E-state index contributed by atoms with van der Waals surface area (Å²) in [4.78, 5) is 0. The van der Waals surface area contributed by atoms with Crippen molar-refractivity contribution in [3.05, 3.63) is 33.8 Å². The van der Waals surface area contributed by atoms with Crippen LogP contribution < -0.4 is 5.73 Å². The smallest absolute Gasteiger partial charge is 0.149 e. The first-order valence-corrected chi connectivity index (χ1v) is 6.06. The van der Waals surface area contributed by atoms with Gasteiger partial charge >= 0.3 is 0 Å². The highest BCUT2D eigenvalue weighted by atomic mass is 35.5. The second-order valence-corrected chi connectivity index (χ2v) is 4.96. The van der Waals surface area contributed by atoms with Gasteiger partial charge in [-0.2, -0.15) is 5.10 Å². The zero-order chi connectivity index (χ0) is 12.6. The lowest BCUT2D eigenvalue weighted by Gasteiger charge is -2.10. The molecule has 0 radical (unpaired) electrons. The van der Waals surface area contributed by atoms with Gasteiger partial charge in [-0.3, -0.25) is 5.10 Å². The van der Waals surface area contributed by atoms with Crippen molar-refractivity contribution in [2.45, 2.75) is 19.8 Å². The van der Waals surface area contributed by atoms with Gasteiger partial charge in [0.05, 0.1) is 15.7 Å².